The molecule has 0 spiro atoms. The third-order valence-electron chi connectivity index (χ3n) is 3.55. The van der Waals surface area contributed by atoms with Gasteiger partial charge in [-0.15, -0.1) is 0 Å². The van der Waals surface area contributed by atoms with Crippen LogP contribution in [0.1, 0.15) is 34.6 Å². The summed E-state index contributed by atoms with van der Waals surface area (Å²) in [5.74, 6) is 1.07. The maximum absolute atomic E-state index is 12.0. The summed E-state index contributed by atoms with van der Waals surface area (Å²) in [6, 6.07) is 13.9. The summed E-state index contributed by atoms with van der Waals surface area (Å²) in [5.41, 5.74) is 1.09. The van der Waals surface area contributed by atoms with Crippen molar-refractivity contribution in [2.75, 3.05) is 26.3 Å². The molecule has 0 aliphatic heterocycles. The highest BCUT2D eigenvalue weighted by atomic mass is 16.5. The molecule has 2 amide bonds. The van der Waals surface area contributed by atoms with E-state index in [1.54, 1.807) is 48.5 Å². The van der Waals surface area contributed by atoms with E-state index in [1.807, 2.05) is 13.8 Å². The number of amides is 2. The van der Waals surface area contributed by atoms with Crippen molar-refractivity contribution in [2.45, 2.75) is 13.8 Å². The van der Waals surface area contributed by atoms with E-state index in [4.69, 9.17) is 9.47 Å². The van der Waals surface area contributed by atoms with Crippen molar-refractivity contribution >= 4 is 11.8 Å². The lowest BCUT2D eigenvalue weighted by Gasteiger charge is -2.09. The first kappa shape index (κ1) is 19.3. The molecule has 0 bridgehead atoms. The number of rotatable bonds is 9. The van der Waals surface area contributed by atoms with E-state index >= 15 is 0 Å². The van der Waals surface area contributed by atoms with Crippen LogP contribution in [-0.4, -0.2) is 38.1 Å². The molecule has 6 nitrogen and oxygen atoms in total. The maximum atomic E-state index is 12.0. The molecule has 0 saturated heterocycles. The van der Waals surface area contributed by atoms with Crippen LogP contribution in [0.15, 0.2) is 48.5 Å². The van der Waals surface area contributed by atoms with E-state index in [1.165, 1.54) is 0 Å². The maximum Gasteiger partial charge on any atom is 0.251 e. The van der Waals surface area contributed by atoms with Gasteiger partial charge in [-0.1, -0.05) is 0 Å². The first-order chi connectivity index (χ1) is 12.6. The van der Waals surface area contributed by atoms with Crippen molar-refractivity contribution in [3.8, 4) is 11.5 Å². The molecule has 2 aromatic rings. The number of nitrogens with one attached hydrogen (secondary N) is 2. The molecule has 138 valence electrons. The Balaban J connectivity index is 1.73. The lowest BCUT2D eigenvalue weighted by atomic mass is 10.2. The normalized spacial score (nSPS) is 10.1. The van der Waals surface area contributed by atoms with Crippen molar-refractivity contribution < 1.29 is 19.1 Å². The minimum absolute atomic E-state index is 0.191. The van der Waals surface area contributed by atoms with Gasteiger partial charge in [0, 0.05) is 24.2 Å². The van der Waals surface area contributed by atoms with Crippen LogP contribution in [0.3, 0.4) is 0 Å². The molecule has 0 aromatic heterocycles. The fourth-order valence-electron chi connectivity index (χ4n) is 2.29. The molecule has 0 unspecified atom stereocenters. The zero-order valence-electron chi connectivity index (χ0n) is 15.1. The van der Waals surface area contributed by atoms with Gasteiger partial charge < -0.3 is 20.1 Å². The highest BCUT2D eigenvalue weighted by Crippen LogP contribution is 2.12. The predicted octanol–water partition coefficient (Wildman–Crippen LogP) is 2.64. The van der Waals surface area contributed by atoms with E-state index in [-0.39, 0.29) is 11.8 Å². The highest BCUT2D eigenvalue weighted by molar-refractivity contribution is 5.95. The fraction of sp³-hybridized carbons (Fsp3) is 0.300. The van der Waals surface area contributed by atoms with E-state index in [0.717, 1.165) is 11.5 Å². The summed E-state index contributed by atoms with van der Waals surface area (Å²) in [6.07, 6.45) is 0. The first-order valence-corrected chi connectivity index (χ1v) is 8.66. The van der Waals surface area contributed by atoms with E-state index < -0.39 is 0 Å². The Hall–Kier alpha value is -3.02. The van der Waals surface area contributed by atoms with Crippen LogP contribution < -0.4 is 20.1 Å². The Kier molecular flexibility index (Phi) is 7.49. The minimum Gasteiger partial charge on any atom is -0.494 e. The van der Waals surface area contributed by atoms with Gasteiger partial charge in [0.15, 0.2) is 0 Å². The van der Waals surface area contributed by atoms with E-state index in [2.05, 4.69) is 10.6 Å². The zero-order chi connectivity index (χ0) is 18.8. The second kappa shape index (κ2) is 10.1. The lowest BCUT2D eigenvalue weighted by Crippen LogP contribution is -2.34. The van der Waals surface area contributed by atoms with Crippen molar-refractivity contribution in [2.24, 2.45) is 0 Å². The van der Waals surface area contributed by atoms with E-state index in [0.29, 0.717) is 37.4 Å². The summed E-state index contributed by atoms with van der Waals surface area (Å²) in [7, 11) is 0. The van der Waals surface area contributed by atoms with E-state index in [9.17, 15) is 9.59 Å². The number of hydrogen-bond donors (Lipinski definition) is 2. The van der Waals surface area contributed by atoms with Gasteiger partial charge in [0.05, 0.1) is 13.2 Å². The van der Waals surface area contributed by atoms with Crippen molar-refractivity contribution in [3.63, 3.8) is 0 Å². The highest BCUT2D eigenvalue weighted by Gasteiger charge is 2.07. The van der Waals surface area contributed by atoms with Crippen molar-refractivity contribution in [1.82, 2.24) is 10.6 Å². The fourth-order valence-corrected chi connectivity index (χ4v) is 2.29. The molecular formula is C20H24N2O4. The standard InChI is InChI=1S/C20H24N2O4/c1-3-25-17-9-5-15(6-10-17)19(23)21-13-14-22-20(24)16-7-11-18(12-8-16)26-4-2/h5-12H,3-4,13-14H2,1-2H3,(H,21,23)(H,22,24). The van der Waals surface area contributed by atoms with Crippen LogP contribution in [0.2, 0.25) is 0 Å². The Morgan fingerprint density at radius 3 is 1.35 bits per heavy atom. The van der Waals surface area contributed by atoms with Crippen LogP contribution in [-0.2, 0) is 0 Å². The first-order valence-electron chi connectivity index (χ1n) is 8.66. The quantitative estimate of drug-likeness (QED) is 0.677. The molecule has 26 heavy (non-hydrogen) atoms. The SMILES string of the molecule is CCOc1ccc(C(=O)NCCNC(=O)c2ccc(OCC)cc2)cc1. The Morgan fingerprint density at radius 2 is 1.04 bits per heavy atom. The summed E-state index contributed by atoms with van der Waals surface area (Å²) in [4.78, 5) is 24.1. The summed E-state index contributed by atoms with van der Waals surface area (Å²) >= 11 is 0. The summed E-state index contributed by atoms with van der Waals surface area (Å²) in [5, 5.41) is 5.54. The molecule has 2 N–H and O–H groups in total. The Labute approximate surface area is 153 Å². The van der Waals surface area contributed by atoms with Crippen LogP contribution in [0.25, 0.3) is 0 Å². The average Bonchev–Trinajstić information content (AvgIpc) is 2.66. The molecule has 0 aliphatic carbocycles. The minimum atomic E-state index is -0.191. The predicted molar refractivity (Wildman–Crippen MR) is 99.9 cm³/mol. The number of hydrogen-bond acceptors (Lipinski definition) is 4. The van der Waals surface area contributed by atoms with Gasteiger partial charge in [0.2, 0.25) is 0 Å². The topological polar surface area (TPSA) is 76.7 Å². The van der Waals surface area contributed by atoms with Crippen LogP contribution in [0.5, 0.6) is 11.5 Å². The molecule has 2 rings (SSSR count). The molecule has 0 fully saturated rings. The van der Waals surface area contributed by atoms with Crippen LogP contribution >= 0.6 is 0 Å². The van der Waals surface area contributed by atoms with Gasteiger partial charge in [-0.2, -0.15) is 0 Å². The molecular weight excluding hydrogens is 332 g/mol. The smallest absolute Gasteiger partial charge is 0.251 e. The number of benzene rings is 2. The summed E-state index contributed by atoms with van der Waals surface area (Å²) in [6.45, 7) is 5.66. The molecule has 6 heteroatoms. The second-order valence-corrected chi connectivity index (χ2v) is 5.43. The Morgan fingerprint density at radius 1 is 0.692 bits per heavy atom. The largest absolute Gasteiger partial charge is 0.494 e. The molecule has 0 atom stereocenters. The molecule has 0 aliphatic rings. The van der Waals surface area contributed by atoms with Gasteiger partial charge in [0.25, 0.3) is 11.8 Å². The molecule has 0 radical (unpaired) electrons. The van der Waals surface area contributed by atoms with Crippen LogP contribution in [0, 0.1) is 0 Å². The second-order valence-electron chi connectivity index (χ2n) is 5.43. The van der Waals surface area contributed by atoms with Gasteiger partial charge in [-0.25, -0.2) is 0 Å². The molecule has 0 heterocycles. The lowest BCUT2D eigenvalue weighted by molar-refractivity contribution is 0.0927. The van der Waals surface area contributed by atoms with Gasteiger partial charge >= 0.3 is 0 Å². The number of carbonyl (C=O) groups excluding carboxylic acids is 2. The monoisotopic (exact) mass is 356 g/mol. The number of ether oxygens (including phenoxy) is 2. The van der Waals surface area contributed by atoms with Crippen molar-refractivity contribution in [3.05, 3.63) is 59.7 Å². The van der Waals surface area contributed by atoms with Gasteiger partial charge in [-0.3, -0.25) is 9.59 Å². The summed E-state index contributed by atoms with van der Waals surface area (Å²) < 4.78 is 10.7. The third kappa shape index (κ3) is 5.81. The Bertz CT molecular complexity index is 648. The zero-order valence-corrected chi connectivity index (χ0v) is 15.1. The van der Waals surface area contributed by atoms with Gasteiger partial charge in [0.1, 0.15) is 11.5 Å². The molecule has 0 saturated carbocycles. The van der Waals surface area contributed by atoms with Crippen molar-refractivity contribution in [1.29, 1.82) is 0 Å². The average molecular weight is 356 g/mol. The number of carbonyl (C=O) groups is 2. The third-order valence-corrected chi connectivity index (χ3v) is 3.55. The molecule has 2 aromatic carbocycles. The van der Waals surface area contributed by atoms with Crippen LogP contribution in [0.4, 0.5) is 0 Å². The van der Waals surface area contributed by atoms with Gasteiger partial charge in [-0.05, 0) is 62.4 Å².